The lowest BCUT2D eigenvalue weighted by molar-refractivity contribution is -0.117. The minimum absolute atomic E-state index is 0.260. The number of nitrogen functional groups attached to an aromatic ring is 1. The summed E-state index contributed by atoms with van der Waals surface area (Å²) >= 11 is 0. The minimum Gasteiger partial charge on any atom is -0.382 e. The fraction of sp³-hybridized carbons (Fsp3) is 0.286. The summed E-state index contributed by atoms with van der Waals surface area (Å²) in [7, 11) is 0. The van der Waals surface area contributed by atoms with Gasteiger partial charge in [0, 0.05) is 13.0 Å². The van der Waals surface area contributed by atoms with E-state index < -0.39 is 0 Å². The predicted octanol–water partition coefficient (Wildman–Crippen LogP) is -0.654. The normalized spacial score (nSPS) is 9.54. The van der Waals surface area contributed by atoms with Crippen molar-refractivity contribution < 1.29 is 4.79 Å². The highest BCUT2D eigenvalue weighted by molar-refractivity contribution is 5.74. The fourth-order valence-electron chi connectivity index (χ4n) is 0.780. The van der Waals surface area contributed by atoms with E-state index in [1.807, 2.05) is 0 Å². The highest BCUT2D eigenvalue weighted by Crippen LogP contribution is 2.01. The molecule has 0 atom stereocenters. The molecule has 1 aromatic rings. The zero-order valence-electron chi connectivity index (χ0n) is 7.03. The molecule has 0 radical (unpaired) electrons. The predicted molar refractivity (Wildman–Crippen MR) is 48.7 cm³/mol. The first-order valence-corrected chi connectivity index (χ1v) is 3.78. The molecule has 1 heterocycles. The van der Waals surface area contributed by atoms with E-state index >= 15 is 0 Å². The Morgan fingerprint density at radius 1 is 1.54 bits per heavy atom. The average molecular weight is 181 g/mol. The van der Waals surface area contributed by atoms with Crippen LogP contribution < -0.4 is 16.8 Å². The monoisotopic (exact) mass is 181 g/mol. The van der Waals surface area contributed by atoms with Gasteiger partial charge in [0.15, 0.2) is 0 Å². The van der Waals surface area contributed by atoms with E-state index in [1.54, 1.807) is 0 Å². The summed E-state index contributed by atoms with van der Waals surface area (Å²) < 4.78 is 0. The summed E-state index contributed by atoms with van der Waals surface area (Å²) in [6, 6.07) is 0. The van der Waals surface area contributed by atoms with Crippen LogP contribution >= 0.6 is 0 Å². The molecular weight excluding hydrogens is 170 g/mol. The van der Waals surface area contributed by atoms with Crippen molar-refractivity contribution in [3.8, 4) is 0 Å². The highest BCUT2D eigenvalue weighted by Gasteiger charge is 1.96. The third-order valence-corrected chi connectivity index (χ3v) is 1.33. The van der Waals surface area contributed by atoms with Crippen molar-refractivity contribution in [3.63, 3.8) is 0 Å². The summed E-state index contributed by atoms with van der Waals surface area (Å²) in [6.07, 6.45) is 3.23. The van der Waals surface area contributed by atoms with E-state index in [1.165, 1.54) is 12.4 Å². The molecule has 0 aliphatic carbocycles. The van der Waals surface area contributed by atoms with Gasteiger partial charge >= 0.3 is 0 Å². The Labute approximate surface area is 75.4 Å². The maximum atomic E-state index is 10.4. The first kappa shape index (κ1) is 9.24. The van der Waals surface area contributed by atoms with E-state index in [4.69, 9.17) is 11.5 Å². The Morgan fingerprint density at radius 2 is 2.31 bits per heavy atom. The van der Waals surface area contributed by atoms with Crippen molar-refractivity contribution in [3.05, 3.63) is 12.4 Å². The van der Waals surface area contributed by atoms with Crippen LogP contribution in [0.25, 0.3) is 0 Å². The van der Waals surface area contributed by atoms with Gasteiger partial charge in [-0.15, -0.1) is 0 Å². The molecule has 0 fully saturated rings. The Hall–Kier alpha value is -1.85. The zero-order valence-corrected chi connectivity index (χ0v) is 7.03. The number of carbonyl (C=O) groups is 1. The molecule has 1 amide bonds. The molecular formula is C7H11N5O. The van der Waals surface area contributed by atoms with Crippen LogP contribution in [0.1, 0.15) is 6.42 Å². The lowest BCUT2D eigenvalue weighted by Crippen LogP contribution is -2.16. The third-order valence-electron chi connectivity index (χ3n) is 1.33. The molecule has 0 bridgehead atoms. The van der Waals surface area contributed by atoms with Crippen LogP contribution in [-0.2, 0) is 4.79 Å². The largest absolute Gasteiger partial charge is 0.382 e. The zero-order chi connectivity index (χ0) is 9.68. The molecule has 6 nitrogen and oxygen atoms in total. The van der Waals surface area contributed by atoms with E-state index in [9.17, 15) is 4.79 Å². The van der Waals surface area contributed by atoms with Gasteiger partial charge in [0.25, 0.3) is 0 Å². The number of nitrogens with two attached hydrogens (primary N) is 2. The van der Waals surface area contributed by atoms with Gasteiger partial charge in [-0.25, -0.2) is 4.98 Å². The smallest absolute Gasteiger partial charge is 0.219 e. The maximum Gasteiger partial charge on any atom is 0.219 e. The molecule has 0 aliphatic rings. The molecule has 13 heavy (non-hydrogen) atoms. The standard InChI is InChI=1S/C7H11N5O/c8-5-3-10-4-7(12-5)11-2-1-6(9)13/h3-4H,1-2H2,(H2,9,13)(H3,8,11,12). The number of aromatic nitrogens is 2. The van der Waals surface area contributed by atoms with Gasteiger partial charge in [0.05, 0.1) is 12.4 Å². The van der Waals surface area contributed by atoms with Crippen LogP contribution in [0.3, 0.4) is 0 Å². The fourth-order valence-corrected chi connectivity index (χ4v) is 0.780. The summed E-state index contributed by atoms with van der Waals surface area (Å²) in [5.74, 6) is 0.523. The van der Waals surface area contributed by atoms with Gasteiger partial charge in [-0.05, 0) is 0 Å². The summed E-state index contributed by atoms with van der Waals surface area (Å²) in [5, 5.41) is 2.86. The molecule has 0 unspecified atom stereocenters. The molecule has 0 spiro atoms. The number of nitrogens with zero attached hydrogens (tertiary/aromatic N) is 2. The number of carbonyl (C=O) groups excluding carboxylic acids is 1. The van der Waals surface area contributed by atoms with Crippen LogP contribution in [0.4, 0.5) is 11.6 Å². The molecule has 1 rings (SSSR count). The summed E-state index contributed by atoms with van der Waals surface area (Å²) in [4.78, 5) is 18.1. The van der Waals surface area contributed by atoms with Gasteiger partial charge in [0.2, 0.25) is 5.91 Å². The topological polar surface area (TPSA) is 107 Å². The first-order chi connectivity index (χ1) is 6.18. The summed E-state index contributed by atoms with van der Waals surface area (Å²) in [5.41, 5.74) is 10.3. The SMILES string of the molecule is NC(=O)CCNc1cncc(N)n1. The van der Waals surface area contributed by atoms with Crippen molar-refractivity contribution in [2.45, 2.75) is 6.42 Å². The van der Waals surface area contributed by atoms with E-state index in [-0.39, 0.29) is 12.3 Å². The molecule has 1 aromatic heterocycles. The van der Waals surface area contributed by atoms with Gasteiger partial charge in [-0.1, -0.05) is 0 Å². The van der Waals surface area contributed by atoms with Crippen molar-refractivity contribution in [1.82, 2.24) is 9.97 Å². The maximum absolute atomic E-state index is 10.4. The number of amides is 1. The number of hydrogen-bond acceptors (Lipinski definition) is 5. The number of rotatable bonds is 4. The Bertz CT molecular complexity index is 301. The molecule has 5 N–H and O–H groups in total. The highest BCUT2D eigenvalue weighted by atomic mass is 16.1. The average Bonchev–Trinajstić information content (AvgIpc) is 2.03. The molecule has 0 aromatic carbocycles. The second kappa shape index (κ2) is 4.24. The van der Waals surface area contributed by atoms with Crippen LogP contribution in [-0.4, -0.2) is 22.4 Å². The second-order valence-electron chi connectivity index (χ2n) is 2.47. The quantitative estimate of drug-likeness (QED) is 0.572. The van der Waals surface area contributed by atoms with E-state index in [0.29, 0.717) is 18.2 Å². The molecule has 0 saturated heterocycles. The van der Waals surface area contributed by atoms with E-state index in [0.717, 1.165) is 0 Å². The molecule has 6 heteroatoms. The third kappa shape index (κ3) is 3.37. The van der Waals surface area contributed by atoms with Gasteiger partial charge in [-0.3, -0.25) is 9.78 Å². The van der Waals surface area contributed by atoms with Crippen LogP contribution in [0.5, 0.6) is 0 Å². The number of nitrogens with one attached hydrogen (secondary N) is 1. The first-order valence-electron chi connectivity index (χ1n) is 3.78. The number of anilines is 2. The van der Waals surface area contributed by atoms with Crippen molar-refractivity contribution in [2.75, 3.05) is 17.6 Å². The number of primary amides is 1. The van der Waals surface area contributed by atoms with E-state index in [2.05, 4.69) is 15.3 Å². The van der Waals surface area contributed by atoms with Gasteiger partial charge in [0.1, 0.15) is 11.6 Å². The molecule has 0 saturated carbocycles. The Balaban J connectivity index is 2.41. The minimum atomic E-state index is -0.357. The molecule has 0 aliphatic heterocycles. The van der Waals surface area contributed by atoms with Crippen LogP contribution in [0, 0.1) is 0 Å². The second-order valence-corrected chi connectivity index (χ2v) is 2.47. The Morgan fingerprint density at radius 3 is 2.92 bits per heavy atom. The van der Waals surface area contributed by atoms with Crippen LogP contribution in [0.15, 0.2) is 12.4 Å². The number of hydrogen-bond donors (Lipinski definition) is 3. The Kier molecular flexibility index (Phi) is 3.02. The summed E-state index contributed by atoms with van der Waals surface area (Å²) in [6.45, 7) is 0.438. The van der Waals surface area contributed by atoms with Crippen molar-refractivity contribution in [2.24, 2.45) is 5.73 Å². The lowest BCUT2D eigenvalue weighted by atomic mass is 10.4. The van der Waals surface area contributed by atoms with Crippen LogP contribution in [0.2, 0.25) is 0 Å². The van der Waals surface area contributed by atoms with Crippen molar-refractivity contribution in [1.29, 1.82) is 0 Å². The lowest BCUT2D eigenvalue weighted by Gasteiger charge is -2.02. The van der Waals surface area contributed by atoms with Gasteiger partial charge < -0.3 is 16.8 Å². The molecule has 70 valence electrons. The van der Waals surface area contributed by atoms with Gasteiger partial charge in [-0.2, -0.15) is 0 Å². The van der Waals surface area contributed by atoms with Crippen molar-refractivity contribution >= 4 is 17.5 Å².